The molecule has 3 aromatic rings. The van der Waals surface area contributed by atoms with Crippen LogP contribution >= 0.6 is 23.2 Å². The molecule has 3 rings (SSSR count). The summed E-state index contributed by atoms with van der Waals surface area (Å²) in [5.74, 6) is -0.110. The fourth-order valence-corrected chi connectivity index (χ4v) is 2.69. The van der Waals surface area contributed by atoms with E-state index < -0.39 is 5.97 Å². The Balaban J connectivity index is 1.86. The maximum absolute atomic E-state index is 12.4. The van der Waals surface area contributed by atoms with Crippen molar-refractivity contribution in [1.82, 2.24) is 9.55 Å². The Hall–Kier alpha value is -2.56. The normalized spacial score (nSPS) is 10.5. The van der Waals surface area contributed by atoms with Crippen molar-refractivity contribution in [3.63, 3.8) is 0 Å². The van der Waals surface area contributed by atoms with Gasteiger partial charge >= 0.3 is 5.97 Å². The third kappa shape index (κ3) is 4.29. The van der Waals surface area contributed by atoms with E-state index in [1.165, 1.54) is 0 Å². The highest BCUT2D eigenvalue weighted by atomic mass is 35.5. The van der Waals surface area contributed by atoms with Crippen molar-refractivity contribution >= 4 is 34.7 Å². The van der Waals surface area contributed by atoms with Crippen molar-refractivity contribution in [1.29, 1.82) is 0 Å². The van der Waals surface area contributed by atoms with Crippen LogP contribution < -0.4 is 4.74 Å². The first-order chi connectivity index (χ1) is 12.0. The summed E-state index contributed by atoms with van der Waals surface area (Å²) < 4.78 is 7.41. The van der Waals surface area contributed by atoms with Crippen molar-refractivity contribution in [3.8, 4) is 5.75 Å². The topological polar surface area (TPSA) is 44.1 Å². The number of imidazole rings is 1. The van der Waals surface area contributed by atoms with Gasteiger partial charge in [-0.05, 0) is 42.0 Å². The van der Waals surface area contributed by atoms with E-state index in [2.05, 4.69) is 11.6 Å². The molecule has 0 aliphatic heterocycles. The molecule has 4 nitrogen and oxygen atoms in total. The number of hydrogen-bond donors (Lipinski definition) is 0. The van der Waals surface area contributed by atoms with Crippen molar-refractivity contribution in [2.45, 2.75) is 6.54 Å². The zero-order valence-electron chi connectivity index (χ0n) is 13.2. The lowest BCUT2D eigenvalue weighted by molar-refractivity contribution is 0.0734. The van der Waals surface area contributed by atoms with Gasteiger partial charge in [0.2, 0.25) is 0 Å². The maximum Gasteiger partial charge on any atom is 0.343 e. The summed E-state index contributed by atoms with van der Waals surface area (Å²) >= 11 is 12.0. The molecule has 1 heterocycles. The molecule has 0 radical (unpaired) electrons. The summed E-state index contributed by atoms with van der Waals surface area (Å²) in [5, 5.41) is 1.000. The van der Waals surface area contributed by atoms with Gasteiger partial charge in [-0.1, -0.05) is 35.8 Å². The lowest BCUT2D eigenvalue weighted by atomic mass is 10.1. The van der Waals surface area contributed by atoms with Gasteiger partial charge in [0, 0.05) is 34.5 Å². The summed E-state index contributed by atoms with van der Waals surface area (Å²) in [7, 11) is 0. The molecule has 0 amide bonds. The van der Waals surface area contributed by atoms with Gasteiger partial charge in [0.05, 0.1) is 11.9 Å². The molecule has 0 saturated heterocycles. The number of ether oxygens (including phenoxy) is 1. The second-order valence-corrected chi connectivity index (χ2v) is 6.25. The van der Waals surface area contributed by atoms with Crippen LogP contribution in [0.1, 0.15) is 15.9 Å². The van der Waals surface area contributed by atoms with Crippen LogP contribution in [0.15, 0.2) is 67.8 Å². The summed E-state index contributed by atoms with van der Waals surface area (Å²) in [6, 6.07) is 11.6. The SMILES string of the molecule is C=C(Cn1ccnc1)c1cc(Cl)ccc1OC(=O)c1cccc(Cl)c1. The minimum absolute atomic E-state index is 0.369. The monoisotopic (exact) mass is 372 g/mol. The number of benzene rings is 2. The van der Waals surface area contributed by atoms with E-state index in [-0.39, 0.29) is 0 Å². The highest BCUT2D eigenvalue weighted by Crippen LogP contribution is 2.30. The van der Waals surface area contributed by atoms with Crippen LogP contribution in [0.4, 0.5) is 0 Å². The quantitative estimate of drug-likeness (QED) is 0.460. The Morgan fingerprint density at radius 2 is 1.96 bits per heavy atom. The Kier molecular flexibility index (Phi) is 5.22. The Bertz CT molecular complexity index is 921. The van der Waals surface area contributed by atoms with Gasteiger partial charge in [0.1, 0.15) is 5.75 Å². The fraction of sp³-hybridized carbons (Fsp3) is 0.0526. The number of hydrogen-bond acceptors (Lipinski definition) is 3. The molecule has 0 bridgehead atoms. The van der Waals surface area contributed by atoms with E-state index in [9.17, 15) is 4.79 Å². The van der Waals surface area contributed by atoms with E-state index >= 15 is 0 Å². The number of nitrogens with zero attached hydrogens (tertiary/aromatic N) is 2. The number of carbonyl (C=O) groups excluding carboxylic acids is 1. The number of rotatable bonds is 5. The largest absolute Gasteiger partial charge is 0.422 e. The molecule has 0 saturated carbocycles. The van der Waals surface area contributed by atoms with Crippen LogP contribution in [0.25, 0.3) is 5.57 Å². The molecular formula is C19H14Cl2N2O2. The number of carbonyl (C=O) groups is 1. The lowest BCUT2D eigenvalue weighted by Crippen LogP contribution is -2.10. The number of aromatic nitrogens is 2. The van der Waals surface area contributed by atoms with Gasteiger partial charge in [-0.15, -0.1) is 0 Å². The first-order valence-corrected chi connectivity index (χ1v) is 8.20. The van der Waals surface area contributed by atoms with Crippen molar-refractivity contribution < 1.29 is 9.53 Å². The third-order valence-electron chi connectivity index (χ3n) is 3.52. The molecule has 2 aromatic carbocycles. The van der Waals surface area contributed by atoms with E-state index in [4.69, 9.17) is 27.9 Å². The van der Waals surface area contributed by atoms with Crippen LogP contribution in [0.2, 0.25) is 10.0 Å². The van der Waals surface area contributed by atoms with Crippen LogP contribution in [0, 0.1) is 0 Å². The van der Waals surface area contributed by atoms with Gasteiger partial charge in [0.25, 0.3) is 0 Å². The van der Waals surface area contributed by atoms with Gasteiger partial charge in [-0.2, -0.15) is 0 Å². The van der Waals surface area contributed by atoms with Crippen LogP contribution in [0.5, 0.6) is 5.75 Å². The number of esters is 1. The average molecular weight is 373 g/mol. The molecule has 0 unspecified atom stereocenters. The van der Waals surface area contributed by atoms with E-state index in [1.807, 2.05) is 10.8 Å². The molecule has 25 heavy (non-hydrogen) atoms. The predicted octanol–water partition coefficient (Wildman–Crippen LogP) is 5.12. The second kappa shape index (κ2) is 7.55. The predicted molar refractivity (Wildman–Crippen MR) is 99.1 cm³/mol. The van der Waals surface area contributed by atoms with Crippen molar-refractivity contribution in [3.05, 3.63) is 88.9 Å². The van der Waals surface area contributed by atoms with Gasteiger partial charge < -0.3 is 9.30 Å². The maximum atomic E-state index is 12.4. The highest BCUT2D eigenvalue weighted by Gasteiger charge is 2.14. The van der Waals surface area contributed by atoms with Gasteiger partial charge in [-0.3, -0.25) is 0 Å². The van der Waals surface area contributed by atoms with Crippen LogP contribution in [-0.4, -0.2) is 15.5 Å². The van der Waals surface area contributed by atoms with Crippen LogP contribution in [0.3, 0.4) is 0 Å². The minimum Gasteiger partial charge on any atom is -0.422 e. The molecule has 1 aromatic heterocycles. The van der Waals surface area contributed by atoms with Gasteiger partial charge in [0.15, 0.2) is 0 Å². The minimum atomic E-state index is -0.499. The average Bonchev–Trinajstić information content (AvgIpc) is 3.09. The second-order valence-electron chi connectivity index (χ2n) is 5.38. The van der Waals surface area contributed by atoms with E-state index in [1.54, 1.807) is 55.0 Å². The third-order valence-corrected chi connectivity index (χ3v) is 3.99. The smallest absolute Gasteiger partial charge is 0.343 e. The standard InChI is InChI=1S/C19H14Cl2N2O2/c1-13(11-23-8-7-22-12-23)17-10-16(21)5-6-18(17)25-19(24)14-3-2-4-15(20)9-14/h2-10,12H,1,11H2. The summed E-state index contributed by atoms with van der Waals surface area (Å²) in [6.07, 6.45) is 5.20. The lowest BCUT2D eigenvalue weighted by Gasteiger charge is -2.13. The highest BCUT2D eigenvalue weighted by molar-refractivity contribution is 6.31. The number of halogens is 2. The van der Waals surface area contributed by atoms with E-state index in [0.717, 1.165) is 5.57 Å². The first kappa shape index (κ1) is 17.3. The Morgan fingerprint density at radius 3 is 2.68 bits per heavy atom. The molecule has 0 aliphatic carbocycles. The zero-order valence-corrected chi connectivity index (χ0v) is 14.7. The van der Waals surface area contributed by atoms with Crippen molar-refractivity contribution in [2.75, 3.05) is 0 Å². The van der Waals surface area contributed by atoms with E-state index in [0.29, 0.717) is 33.5 Å². The summed E-state index contributed by atoms with van der Waals surface area (Å²) in [4.78, 5) is 16.4. The molecule has 0 atom stereocenters. The molecule has 0 fully saturated rings. The van der Waals surface area contributed by atoms with Crippen molar-refractivity contribution in [2.24, 2.45) is 0 Å². The summed E-state index contributed by atoms with van der Waals surface area (Å²) in [5.41, 5.74) is 1.78. The first-order valence-electron chi connectivity index (χ1n) is 7.44. The Morgan fingerprint density at radius 1 is 1.16 bits per heavy atom. The number of allylic oxidation sites excluding steroid dienone is 1. The molecule has 0 spiro atoms. The molecule has 126 valence electrons. The molecule has 0 N–H and O–H groups in total. The molecule has 6 heteroatoms. The van der Waals surface area contributed by atoms with Gasteiger partial charge in [-0.25, -0.2) is 9.78 Å². The summed E-state index contributed by atoms with van der Waals surface area (Å²) in [6.45, 7) is 4.58. The fourth-order valence-electron chi connectivity index (χ4n) is 2.33. The molecular weight excluding hydrogens is 359 g/mol. The zero-order chi connectivity index (χ0) is 17.8. The Labute approximate surface area is 155 Å². The molecule has 0 aliphatic rings. The van der Waals surface area contributed by atoms with Crippen LogP contribution in [-0.2, 0) is 6.54 Å².